The number of para-hydroxylation sites is 1. The maximum atomic E-state index is 13.4. The minimum Gasteiger partial charge on any atom is -0.502 e. The van der Waals surface area contributed by atoms with Crippen LogP contribution in [0.15, 0.2) is 42.3 Å². The van der Waals surface area contributed by atoms with Gasteiger partial charge < -0.3 is 34.6 Å². The molecule has 0 radical (unpaired) electrons. The van der Waals surface area contributed by atoms with Gasteiger partial charge in [-0.1, -0.05) is 25.1 Å². The standard InChI is InChI=1S/C22H34N3O11P/c1-6-19(34-16(4)25(14-26)13-18(27)21(29)23-5)22(30,31)36-37(32,24-12-20(28)33-15(2)3)35-17-10-8-7-9-11-17/h7-11,13-16,19,27,30-31H,6,12H2,1-5H3,(H,23,29)(H,24,32)/b18-13+/t16-,19?,37?/m1/s1. The van der Waals surface area contributed by atoms with Gasteiger partial charge in [-0.05, 0) is 39.3 Å². The van der Waals surface area contributed by atoms with Crippen LogP contribution in [0.5, 0.6) is 5.75 Å². The van der Waals surface area contributed by atoms with Gasteiger partial charge in [-0.2, -0.15) is 0 Å². The Morgan fingerprint density at radius 1 is 1.19 bits per heavy atom. The monoisotopic (exact) mass is 547 g/mol. The van der Waals surface area contributed by atoms with Crippen molar-refractivity contribution in [3.63, 3.8) is 0 Å². The normalized spacial score (nSPS) is 15.3. The maximum absolute atomic E-state index is 13.4. The van der Waals surface area contributed by atoms with E-state index < -0.39 is 56.3 Å². The van der Waals surface area contributed by atoms with Crippen molar-refractivity contribution < 1.29 is 52.8 Å². The molecule has 0 aliphatic carbocycles. The lowest BCUT2D eigenvalue weighted by Gasteiger charge is -2.35. The number of aliphatic hydroxyl groups is 3. The van der Waals surface area contributed by atoms with Crippen LogP contribution in [0.25, 0.3) is 0 Å². The number of nitrogens with one attached hydrogen (secondary N) is 2. The van der Waals surface area contributed by atoms with Gasteiger partial charge in [-0.3, -0.25) is 19.3 Å². The molecule has 15 heteroatoms. The zero-order valence-electron chi connectivity index (χ0n) is 21.2. The zero-order chi connectivity index (χ0) is 28.2. The summed E-state index contributed by atoms with van der Waals surface area (Å²) in [5.41, 5.74) is 0. The first-order valence-electron chi connectivity index (χ1n) is 11.2. The molecule has 208 valence electrons. The van der Waals surface area contributed by atoms with Crippen LogP contribution in [-0.4, -0.2) is 76.5 Å². The molecular formula is C22H34N3O11P. The van der Waals surface area contributed by atoms with Crippen LogP contribution in [-0.2, 0) is 32.9 Å². The molecule has 0 aliphatic heterocycles. The average Bonchev–Trinajstić information content (AvgIpc) is 2.83. The second-order valence-electron chi connectivity index (χ2n) is 7.80. The van der Waals surface area contributed by atoms with Gasteiger partial charge in [0.15, 0.2) is 5.76 Å². The number of carbonyl (C=O) groups excluding carboxylic acids is 3. The average molecular weight is 547 g/mol. The van der Waals surface area contributed by atoms with E-state index in [1.807, 2.05) is 0 Å². The van der Waals surface area contributed by atoms with Crippen molar-refractivity contribution in [3.8, 4) is 5.75 Å². The highest BCUT2D eigenvalue weighted by atomic mass is 31.2. The van der Waals surface area contributed by atoms with Gasteiger partial charge in [-0.25, -0.2) is 14.2 Å². The molecule has 1 aromatic rings. The Bertz CT molecular complexity index is 972. The fourth-order valence-corrected chi connectivity index (χ4v) is 4.07. The van der Waals surface area contributed by atoms with E-state index >= 15 is 0 Å². The van der Waals surface area contributed by atoms with Gasteiger partial charge >= 0.3 is 19.7 Å². The predicted molar refractivity (Wildman–Crippen MR) is 129 cm³/mol. The molecular weight excluding hydrogens is 513 g/mol. The van der Waals surface area contributed by atoms with Crippen LogP contribution >= 0.6 is 7.75 Å². The smallest absolute Gasteiger partial charge is 0.463 e. The highest BCUT2D eigenvalue weighted by Crippen LogP contribution is 2.48. The van der Waals surface area contributed by atoms with E-state index in [1.54, 1.807) is 32.0 Å². The Labute approximate surface area is 214 Å². The third-order valence-corrected chi connectivity index (χ3v) is 5.94. The summed E-state index contributed by atoms with van der Waals surface area (Å²) in [6.07, 6.45) is -2.52. The second kappa shape index (κ2) is 14.7. The van der Waals surface area contributed by atoms with Crippen molar-refractivity contribution in [2.24, 2.45) is 0 Å². The number of rotatable bonds is 16. The first kappa shape index (κ1) is 32.0. The maximum Gasteiger partial charge on any atom is 0.463 e. The Morgan fingerprint density at radius 2 is 1.81 bits per heavy atom. The molecule has 3 atom stereocenters. The number of carbonyl (C=O) groups is 3. The third kappa shape index (κ3) is 10.9. The van der Waals surface area contributed by atoms with Gasteiger partial charge in [0.25, 0.3) is 5.91 Å². The van der Waals surface area contributed by atoms with Crippen molar-refractivity contribution in [1.29, 1.82) is 0 Å². The quantitative estimate of drug-likeness (QED) is 0.0495. The molecule has 2 unspecified atom stereocenters. The van der Waals surface area contributed by atoms with Gasteiger partial charge in [0.2, 0.25) is 6.41 Å². The lowest BCUT2D eigenvalue weighted by Crippen LogP contribution is -2.49. The van der Waals surface area contributed by atoms with E-state index in [9.17, 15) is 34.3 Å². The molecule has 37 heavy (non-hydrogen) atoms. The summed E-state index contributed by atoms with van der Waals surface area (Å²) in [6.45, 7) is 5.34. The summed E-state index contributed by atoms with van der Waals surface area (Å²) >= 11 is 0. The van der Waals surface area contributed by atoms with Crippen LogP contribution in [0.1, 0.15) is 34.1 Å². The summed E-state index contributed by atoms with van der Waals surface area (Å²) < 4.78 is 34.3. The first-order chi connectivity index (χ1) is 17.3. The van der Waals surface area contributed by atoms with Crippen molar-refractivity contribution in [2.75, 3.05) is 13.6 Å². The zero-order valence-corrected chi connectivity index (χ0v) is 22.1. The highest BCUT2D eigenvalue weighted by molar-refractivity contribution is 7.52. The number of likely N-dealkylation sites (N-methyl/N-ethyl adjacent to an activating group) is 1. The number of amides is 2. The second-order valence-corrected chi connectivity index (χ2v) is 9.48. The molecule has 2 amide bonds. The Kier molecular flexibility index (Phi) is 12.7. The topological polar surface area (TPSA) is 193 Å². The molecule has 1 aromatic carbocycles. The van der Waals surface area contributed by atoms with Crippen LogP contribution in [0.3, 0.4) is 0 Å². The molecule has 0 saturated carbocycles. The van der Waals surface area contributed by atoms with Crippen LogP contribution in [0, 0.1) is 0 Å². The molecule has 0 aromatic heterocycles. The first-order valence-corrected chi connectivity index (χ1v) is 12.8. The van der Waals surface area contributed by atoms with Gasteiger partial charge in [-0.15, -0.1) is 0 Å². The molecule has 0 spiro atoms. The van der Waals surface area contributed by atoms with E-state index in [0.717, 1.165) is 11.1 Å². The van der Waals surface area contributed by atoms with Gasteiger partial charge in [0, 0.05) is 7.05 Å². The summed E-state index contributed by atoms with van der Waals surface area (Å²) in [5, 5.41) is 35.5. The van der Waals surface area contributed by atoms with Gasteiger partial charge in [0.05, 0.1) is 12.3 Å². The molecule has 1 rings (SSSR count). The summed E-state index contributed by atoms with van der Waals surface area (Å²) in [5.74, 6) is -5.75. The Balaban J connectivity index is 3.13. The number of nitrogens with zero attached hydrogens (tertiary/aromatic N) is 1. The summed E-state index contributed by atoms with van der Waals surface area (Å²) in [7, 11) is -3.40. The van der Waals surface area contributed by atoms with Crippen molar-refractivity contribution in [3.05, 3.63) is 42.3 Å². The van der Waals surface area contributed by atoms with E-state index in [0.29, 0.717) is 0 Å². The lowest BCUT2D eigenvalue weighted by atomic mass is 10.2. The van der Waals surface area contributed by atoms with Crippen LogP contribution in [0.2, 0.25) is 0 Å². The highest BCUT2D eigenvalue weighted by Gasteiger charge is 2.46. The van der Waals surface area contributed by atoms with Crippen LogP contribution in [0.4, 0.5) is 0 Å². The van der Waals surface area contributed by atoms with Crippen LogP contribution < -0.4 is 14.9 Å². The number of hydrogen-bond acceptors (Lipinski definition) is 11. The molecule has 0 bridgehead atoms. The number of benzene rings is 1. The Morgan fingerprint density at radius 3 is 2.32 bits per heavy atom. The fraction of sp³-hybridized carbons (Fsp3) is 0.500. The number of aliphatic hydroxyl groups excluding tert-OH is 1. The largest absolute Gasteiger partial charge is 0.502 e. The van der Waals surface area contributed by atoms with E-state index in [1.165, 1.54) is 33.0 Å². The molecule has 0 heterocycles. The molecule has 0 fully saturated rings. The van der Waals surface area contributed by atoms with Crippen molar-refractivity contribution in [2.45, 2.75) is 58.5 Å². The number of esters is 1. The fourth-order valence-electron chi connectivity index (χ4n) is 2.71. The SMILES string of the molecule is CCC(O[C@H](C)N(C=O)/C=C(/O)C(=O)NC)C(O)(O)OP(=O)(NCC(=O)OC(C)C)Oc1ccccc1. The number of ether oxygens (including phenoxy) is 2. The third-order valence-electron chi connectivity index (χ3n) is 4.43. The van der Waals surface area contributed by atoms with Gasteiger partial charge in [0.1, 0.15) is 24.6 Å². The molecule has 0 saturated heterocycles. The minimum absolute atomic E-state index is 0.0237. The minimum atomic E-state index is -4.66. The van der Waals surface area contributed by atoms with E-state index in [2.05, 4.69) is 10.4 Å². The molecule has 0 aliphatic rings. The number of hydrogen-bond donors (Lipinski definition) is 5. The van der Waals surface area contributed by atoms with E-state index in [4.69, 9.17) is 18.5 Å². The Hall–Kier alpha value is -3.00. The molecule has 14 nitrogen and oxygen atoms in total. The molecule has 5 N–H and O–H groups in total. The van der Waals surface area contributed by atoms with E-state index in [-0.39, 0.29) is 18.6 Å². The predicted octanol–water partition coefficient (Wildman–Crippen LogP) is 1.11. The summed E-state index contributed by atoms with van der Waals surface area (Å²) in [6, 6.07) is 7.62. The van der Waals surface area contributed by atoms with Crippen molar-refractivity contribution >= 4 is 26.0 Å². The van der Waals surface area contributed by atoms with Crippen molar-refractivity contribution in [1.82, 2.24) is 15.3 Å². The lowest BCUT2D eigenvalue weighted by molar-refractivity contribution is -0.355. The summed E-state index contributed by atoms with van der Waals surface area (Å²) in [4.78, 5) is 35.7.